The van der Waals surface area contributed by atoms with Gasteiger partial charge in [-0.2, -0.15) is 0 Å². The van der Waals surface area contributed by atoms with Crippen LogP contribution in [0.1, 0.15) is 25.0 Å². The zero-order chi connectivity index (χ0) is 24.4. The number of anilines is 3. The third kappa shape index (κ3) is 2.88. The van der Waals surface area contributed by atoms with E-state index in [0.717, 1.165) is 17.1 Å². The summed E-state index contributed by atoms with van der Waals surface area (Å²) in [5.41, 5.74) is 9.12. The Balaban J connectivity index is 1.53. The number of pyridine rings is 1. The Labute approximate surface area is 209 Å². The normalized spacial score (nSPS) is 13.6. The second kappa shape index (κ2) is 7.53. The van der Waals surface area contributed by atoms with E-state index in [0.29, 0.717) is 0 Å². The van der Waals surface area contributed by atoms with E-state index in [1.807, 2.05) is 24.3 Å². The van der Waals surface area contributed by atoms with Gasteiger partial charge in [-0.1, -0.05) is 50.2 Å². The summed E-state index contributed by atoms with van der Waals surface area (Å²) in [6.45, 7) is 4.62. The number of fused-ring (bicyclic) bond motifs is 5. The van der Waals surface area contributed by atoms with Gasteiger partial charge in [0, 0.05) is 45.6 Å². The largest absolute Gasteiger partial charge is 0.310 e. The summed E-state index contributed by atoms with van der Waals surface area (Å²) in [4.78, 5) is 6.34. The Hall–Kier alpha value is -4.44. The highest BCUT2D eigenvalue weighted by Crippen LogP contribution is 2.48. The molecular formula is C32H24FN3. The maximum atomic E-state index is 13.8. The van der Waals surface area contributed by atoms with Crippen LogP contribution in [0.15, 0.2) is 109 Å². The predicted octanol–water partition coefficient (Wildman–Crippen LogP) is 8.43. The number of hydrogen-bond acceptors (Lipinski definition) is 2. The molecule has 0 N–H and O–H groups in total. The topological polar surface area (TPSA) is 21.1 Å². The van der Waals surface area contributed by atoms with E-state index >= 15 is 0 Å². The van der Waals surface area contributed by atoms with Gasteiger partial charge in [0.2, 0.25) is 0 Å². The van der Waals surface area contributed by atoms with Gasteiger partial charge in [0.25, 0.3) is 0 Å². The number of para-hydroxylation sites is 2. The molecule has 4 heteroatoms. The zero-order valence-corrected chi connectivity index (χ0v) is 20.1. The van der Waals surface area contributed by atoms with Gasteiger partial charge in [-0.25, -0.2) is 4.39 Å². The molecule has 7 rings (SSSR count). The molecular weight excluding hydrogens is 445 g/mol. The van der Waals surface area contributed by atoms with Crippen LogP contribution in [0.2, 0.25) is 0 Å². The van der Waals surface area contributed by atoms with Gasteiger partial charge in [0.1, 0.15) is 5.82 Å². The molecule has 174 valence electrons. The maximum absolute atomic E-state index is 13.8. The van der Waals surface area contributed by atoms with Crippen molar-refractivity contribution in [1.82, 2.24) is 9.55 Å². The van der Waals surface area contributed by atoms with Gasteiger partial charge in [-0.05, 0) is 71.8 Å². The first-order chi connectivity index (χ1) is 17.5. The smallest absolute Gasteiger partial charge is 0.123 e. The lowest BCUT2D eigenvalue weighted by Crippen LogP contribution is -2.26. The van der Waals surface area contributed by atoms with Crippen molar-refractivity contribution in [2.75, 3.05) is 4.90 Å². The quantitative estimate of drug-likeness (QED) is 0.259. The molecule has 6 aromatic rings. The lowest BCUT2D eigenvalue weighted by atomic mass is 9.75. The van der Waals surface area contributed by atoms with Gasteiger partial charge in [0.15, 0.2) is 0 Å². The second-order valence-electron chi connectivity index (χ2n) is 9.90. The van der Waals surface area contributed by atoms with Crippen LogP contribution < -0.4 is 4.90 Å². The van der Waals surface area contributed by atoms with Crippen molar-refractivity contribution in [1.29, 1.82) is 0 Å². The van der Waals surface area contributed by atoms with Crippen LogP contribution in [0.4, 0.5) is 21.5 Å². The minimum Gasteiger partial charge on any atom is -0.310 e. The van der Waals surface area contributed by atoms with E-state index in [4.69, 9.17) is 0 Å². The van der Waals surface area contributed by atoms with E-state index in [2.05, 4.69) is 89.0 Å². The SMILES string of the molecule is CC1(C)c2ccccc2-n2c3ccc(N(c4ccncc4)c4ccc(F)cc4)cc3c3cccc1c32. The van der Waals surface area contributed by atoms with Crippen molar-refractivity contribution >= 4 is 38.9 Å². The lowest BCUT2D eigenvalue weighted by Gasteiger charge is -2.34. The van der Waals surface area contributed by atoms with E-state index in [1.54, 1.807) is 12.4 Å². The Kier molecular flexibility index (Phi) is 4.37. The highest BCUT2D eigenvalue weighted by Gasteiger charge is 2.34. The monoisotopic (exact) mass is 469 g/mol. The highest BCUT2D eigenvalue weighted by molar-refractivity contribution is 6.12. The van der Waals surface area contributed by atoms with Crippen LogP contribution in [0.25, 0.3) is 27.5 Å². The molecule has 0 amide bonds. The Bertz CT molecular complexity index is 1770. The molecule has 0 saturated heterocycles. The van der Waals surface area contributed by atoms with Crippen molar-refractivity contribution in [2.24, 2.45) is 0 Å². The average molecular weight is 470 g/mol. The summed E-state index contributed by atoms with van der Waals surface area (Å²) in [6, 6.07) is 32.6. The van der Waals surface area contributed by atoms with Crippen LogP contribution >= 0.6 is 0 Å². The van der Waals surface area contributed by atoms with Gasteiger partial charge < -0.3 is 9.47 Å². The number of halogens is 1. The fourth-order valence-corrected chi connectivity index (χ4v) is 5.82. The van der Waals surface area contributed by atoms with Crippen molar-refractivity contribution in [3.05, 3.63) is 126 Å². The molecule has 3 heterocycles. The van der Waals surface area contributed by atoms with Gasteiger partial charge in [0.05, 0.1) is 16.7 Å². The summed E-state index contributed by atoms with van der Waals surface area (Å²) >= 11 is 0. The zero-order valence-electron chi connectivity index (χ0n) is 20.1. The molecule has 0 bridgehead atoms. The number of rotatable bonds is 3. The minimum atomic E-state index is -0.251. The molecule has 0 spiro atoms. The summed E-state index contributed by atoms with van der Waals surface area (Å²) < 4.78 is 16.2. The van der Waals surface area contributed by atoms with Crippen molar-refractivity contribution in [3.63, 3.8) is 0 Å². The third-order valence-corrected chi connectivity index (χ3v) is 7.53. The molecule has 0 unspecified atom stereocenters. The maximum Gasteiger partial charge on any atom is 0.123 e. The number of aromatic nitrogens is 2. The van der Waals surface area contributed by atoms with Crippen molar-refractivity contribution in [2.45, 2.75) is 19.3 Å². The summed E-state index contributed by atoms with van der Waals surface area (Å²) in [7, 11) is 0. The van der Waals surface area contributed by atoms with Gasteiger partial charge in [-0.3, -0.25) is 4.98 Å². The molecule has 1 aliphatic rings. The van der Waals surface area contributed by atoms with E-state index in [1.165, 1.54) is 50.8 Å². The number of hydrogen-bond donors (Lipinski definition) is 0. The molecule has 0 atom stereocenters. The third-order valence-electron chi connectivity index (χ3n) is 7.53. The van der Waals surface area contributed by atoms with E-state index in [9.17, 15) is 4.39 Å². The first-order valence-electron chi connectivity index (χ1n) is 12.2. The average Bonchev–Trinajstić information content (AvgIpc) is 3.24. The first kappa shape index (κ1) is 20.9. The van der Waals surface area contributed by atoms with Crippen LogP contribution in [0, 0.1) is 5.82 Å². The standard InChI is InChI=1S/C32H24FN3/c1-32(2)27-7-3-4-9-30(27)36-29-15-14-24(20-26(29)25-6-5-8-28(32)31(25)36)35(23-16-18-34-19-17-23)22-12-10-21(33)11-13-22/h3-20H,1-2H3. The van der Waals surface area contributed by atoms with Gasteiger partial charge >= 0.3 is 0 Å². The van der Waals surface area contributed by atoms with E-state index in [-0.39, 0.29) is 11.2 Å². The molecule has 0 fully saturated rings. The number of benzene rings is 4. The molecule has 36 heavy (non-hydrogen) atoms. The minimum absolute atomic E-state index is 0.0967. The Morgan fingerprint density at radius 1 is 0.694 bits per heavy atom. The molecule has 2 aromatic heterocycles. The van der Waals surface area contributed by atoms with Crippen LogP contribution in [0.5, 0.6) is 0 Å². The fraction of sp³-hybridized carbons (Fsp3) is 0.0938. The molecule has 3 nitrogen and oxygen atoms in total. The van der Waals surface area contributed by atoms with E-state index < -0.39 is 0 Å². The van der Waals surface area contributed by atoms with Crippen molar-refractivity contribution < 1.29 is 4.39 Å². The molecule has 1 aliphatic heterocycles. The van der Waals surface area contributed by atoms with Gasteiger partial charge in [-0.15, -0.1) is 0 Å². The van der Waals surface area contributed by atoms with Crippen LogP contribution in [-0.2, 0) is 5.41 Å². The summed E-state index contributed by atoms with van der Waals surface area (Å²) in [5, 5.41) is 2.43. The predicted molar refractivity (Wildman–Crippen MR) is 145 cm³/mol. The summed E-state index contributed by atoms with van der Waals surface area (Å²) in [5.74, 6) is -0.251. The van der Waals surface area contributed by atoms with Crippen LogP contribution in [-0.4, -0.2) is 9.55 Å². The summed E-state index contributed by atoms with van der Waals surface area (Å²) in [6.07, 6.45) is 3.56. The highest BCUT2D eigenvalue weighted by atomic mass is 19.1. The Morgan fingerprint density at radius 2 is 1.39 bits per heavy atom. The lowest BCUT2D eigenvalue weighted by molar-refractivity contribution is 0.628. The fourth-order valence-electron chi connectivity index (χ4n) is 5.82. The van der Waals surface area contributed by atoms with Crippen LogP contribution in [0.3, 0.4) is 0 Å². The molecule has 0 aliphatic carbocycles. The molecule has 0 radical (unpaired) electrons. The number of nitrogens with zero attached hydrogens (tertiary/aromatic N) is 3. The first-order valence-corrected chi connectivity index (χ1v) is 12.2. The molecule has 0 saturated carbocycles. The molecule has 4 aromatic carbocycles. The Morgan fingerprint density at radius 3 is 2.19 bits per heavy atom. The second-order valence-corrected chi connectivity index (χ2v) is 9.90. The van der Waals surface area contributed by atoms with Crippen molar-refractivity contribution in [3.8, 4) is 5.69 Å².